The average molecular weight is 457 g/mol. The van der Waals surface area contributed by atoms with Crippen molar-refractivity contribution < 1.29 is 18.8 Å². The van der Waals surface area contributed by atoms with Crippen LogP contribution in [0.3, 0.4) is 0 Å². The average Bonchev–Trinajstić information content (AvgIpc) is 3.43. The van der Waals surface area contributed by atoms with E-state index >= 15 is 0 Å². The Morgan fingerprint density at radius 3 is 2.88 bits per heavy atom. The van der Waals surface area contributed by atoms with E-state index in [9.17, 15) is 4.79 Å². The molecular weight excluding hydrogens is 436 g/mol. The number of ether oxygens (including phenoxy) is 2. The number of rotatable bonds is 8. The lowest BCUT2D eigenvalue weighted by Gasteiger charge is -2.12. The van der Waals surface area contributed by atoms with Crippen LogP contribution in [-0.4, -0.2) is 46.0 Å². The molecule has 0 aliphatic carbocycles. The van der Waals surface area contributed by atoms with Crippen LogP contribution < -0.4 is 20.1 Å². The first kappa shape index (κ1) is 21.4. The Kier molecular flexibility index (Phi) is 6.13. The Balaban J connectivity index is 1.49. The van der Waals surface area contributed by atoms with E-state index in [1.165, 1.54) is 7.11 Å². The van der Waals surface area contributed by atoms with Crippen LogP contribution in [0.25, 0.3) is 22.4 Å². The van der Waals surface area contributed by atoms with Gasteiger partial charge in [0, 0.05) is 17.0 Å². The number of amides is 1. The highest BCUT2D eigenvalue weighted by Crippen LogP contribution is 2.34. The van der Waals surface area contributed by atoms with Crippen LogP contribution in [0.15, 0.2) is 41.1 Å². The van der Waals surface area contributed by atoms with Gasteiger partial charge in [0.25, 0.3) is 17.7 Å². The van der Waals surface area contributed by atoms with E-state index < -0.39 is 0 Å². The number of methoxy groups -OCH3 is 1. The summed E-state index contributed by atoms with van der Waals surface area (Å²) >= 11 is 6.43. The molecule has 11 heteroatoms. The summed E-state index contributed by atoms with van der Waals surface area (Å²) in [4.78, 5) is 16.2. The minimum Gasteiger partial charge on any atom is -0.493 e. The van der Waals surface area contributed by atoms with Gasteiger partial charge < -0.3 is 24.6 Å². The molecule has 166 valence electrons. The summed E-state index contributed by atoms with van der Waals surface area (Å²) in [5, 5.41) is 17.9. The molecule has 10 nitrogen and oxygen atoms in total. The van der Waals surface area contributed by atoms with Gasteiger partial charge in [-0.05, 0) is 49.3 Å². The molecule has 3 N–H and O–H groups in total. The van der Waals surface area contributed by atoms with Gasteiger partial charge in [0.1, 0.15) is 0 Å². The topological polar surface area (TPSA) is 127 Å². The predicted octanol–water partition coefficient (Wildman–Crippen LogP) is 3.92. The number of benzene rings is 2. The van der Waals surface area contributed by atoms with E-state index in [1.807, 2.05) is 19.9 Å². The standard InChI is InChI=1S/C21H21ClN6O4/c1-11(2)24-18(29)10-31-16-7-4-12(8-17(16)30-3)20-26-21(28-32-20)25-15-6-5-14-13(19(15)22)9-23-27-14/h4-9,11H,10H2,1-3H3,(H,23,27)(H,24,29)(H,25,28). The summed E-state index contributed by atoms with van der Waals surface area (Å²) in [5.41, 5.74) is 2.07. The van der Waals surface area contributed by atoms with Gasteiger partial charge in [0.15, 0.2) is 18.1 Å². The molecule has 0 saturated heterocycles. The molecule has 32 heavy (non-hydrogen) atoms. The molecule has 0 aliphatic heterocycles. The number of H-pyrrole nitrogens is 1. The number of hydrogen-bond acceptors (Lipinski definition) is 8. The predicted molar refractivity (Wildman–Crippen MR) is 119 cm³/mol. The molecule has 0 spiro atoms. The van der Waals surface area contributed by atoms with Crippen LogP contribution in [0.4, 0.5) is 11.6 Å². The molecule has 0 atom stereocenters. The van der Waals surface area contributed by atoms with Crippen LogP contribution in [0.2, 0.25) is 5.02 Å². The first-order valence-corrected chi connectivity index (χ1v) is 10.1. The first-order valence-electron chi connectivity index (χ1n) is 9.77. The fourth-order valence-corrected chi connectivity index (χ4v) is 3.28. The van der Waals surface area contributed by atoms with Crippen molar-refractivity contribution in [2.45, 2.75) is 19.9 Å². The zero-order valence-corrected chi connectivity index (χ0v) is 18.4. The van der Waals surface area contributed by atoms with Gasteiger partial charge in [-0.2, -0.15) is 10.1 Å². The molecule has 2 aromatic heterocycles. The second-order valence-electron chi connectivity index (χ2n) is 7.18. The van der Waals surface area contributed by atoms with Crippen molar-refractivity contribution in [3.63, 3.8) is 0 Å². The monoisotopic (exact) mass is 456 g/mol. The third-order valence-electron chi connectivity index (χ3n) is 4.45. The van der Waals surface area contributed by atoms with Gasteiger partial charge in [0.2, 0.25) is 0 Å². The molecule has 0 unspecified atom stereocenters. The van der Waals surface area contributed by atoms with Crippen molar-refractivity contribution in [3.05, 3.63) is 41.6 Å². The maximum absolute atomic E-state index is 11.8. The summed E-state index contributed by atoms with van der Waals surface area (Å²) in [6.07, 6.45) is 1.65. The fraction of sp³-hybridized carbons (Fsp3) is 0.238. The van der Waals surface area contributed by atoms with Crippen LogP contribution >= 0.6 is 11.6 Å². The largest absolute Gasteiger partial charge is 0.493 e. The van der Waals surface area contributed by atoms with Crippen molar-refractivity contribution in [3.8, 4) is 23.0 Å². The van der Waals surface area contributed by atoms with E-state index in [0.29, 0.717) is 27.8 Å². The number of hydrogen-bond donors (Lipinski definition) is 3. The highest BCUT2D eigenvalue weighted by Gasteiger charge is 2.15. The van der Waals surface area contributed by atoms with E-state index in [0.717, 1.165) is 10.9 Å². The molecule has 0 radical (unpaired) electrons. The number of halogens is 1. The van der Waals surface area contributed by atoms with Crippen LogP contribution in [-0.2, 0) is 4.79 Å². The lowest BCUT2D eigenvalue weighted by atomic mass is 10.2. The Hall–Kier alpha value is -3.79. The molecule has 1 amide bonds. The van der Waals surface area contributed by atoms with Crippen molar-refractivity contribution in [1.82, 2.24) is 25.7 Å². The van der Waals surface area contributed by atoms with Crippen molar-refractivity contribution in [1.29, 1.82) is 0 Å². The summed E-state index contributed by atoms with van der Waals surface area (Å²) in [6, 6.07) is 8.79. The molecule has 4 rings (SSSR count). The second-order valence-corrected chi connectivity index (χ2v) is 7.56. The minimum absolute atomic E-state index is 0.0344. The van der Waals surface area contributed by atoms with Gasteiger partial charge in [-0.15, -0.1) is 0 Å². The smallest absolute Gasteiger partial charge is 0.268 e. The van der Waals surface area contributed by atoms with Crippen molar-refractivity contribution in [2.24, 2.45) is 0 Å². The van der Waals surface area contributed by atoms with Gasteiger partial charge in [-0.1, -0.05) is 11.6 Å². The quantitative estimate of drug-likeness (QED) is 0.364. The van der Waals surface area contributed by atoms with E-state index in [4.69, 9.17) is 25.6 Å². The number of anilines is 2. The zero-order valence-electron chi connectivity index (χ0n) is 17.6. The van der Waals surface area contributed by atoms with Crippen LogP contribution in [0, 0.1) is 0 Å². The van der Waals surface area contributed by atoms with Crippen molar-refractivity contribution >= 4 is 40.0 Å². The number of aromatic nitrogens is 4. The Morgan fingerprint density at radius 2 is 2.09 bits per heavy atom. The summed E-state index contributed by atoms with van der Waals surface area (Å²) in [5.74, 6) is 1.16. The Morgan fingerprint density at radius 1 is 1.25 bits per heavy atom. The van der Waals surface area contributed by atoms with Crippen LogP contribution in [0.1, 0.15) is 13.8 Å². The summed E-state index contributed by atoms with van der Waals surface area (Å²) < 4.78 is 16.3. The third-order valence-corrected chi connectivity index (χ3v) is 4.86. The zero-order chi connectivity index (χ0) is 22.7. The molecule has 0 fully saturated rings. The van der Waals surface area contributed by atoms with Gasteiger partial charge >= 0.3 is 0 Å². The van der Waals surface area contributed by atoms with Gasteiger partial charge in [-0.3, -0.25) is 9.89 Å². The SMILES string of the molecule is COc1cc(-c2nc(Nc3ccc4[nH]ncc4c3Cl)no2)ccc1OCC(=O)NC(C)C. The molecule has 0 saturated carbocycles. The van der Waals surface area contributed by atoms with E-state index in [2.05, 4.69) is 31.0 Å². The third kappa shape index (κ3) is 4.59. The highest BCUT2D eigenvalue weighted by molar-refractivity contribution is 6.38. The number of nitrogens with zero attached hydrogens (tertiary/aromatic N) is 3. The first-order chi connectivity index (χ1) is 15.4. The molecule has 0 bridgehead atoms. The number of carbonyl (C=O) groups is 1. The lowest BCUT2D eigenvalue weighted by molar-refractivity contribution is -0.123. The number of aromatic amines is 1. The molecule has 2 aromatic carbocycles. The number of fused-ring (bicyclic) bond motifs is 1. The van der Waals surface area contributed by atoms with Crippen molar-refractivity contribution in [2.75, 3.05) is 19.0 Å². The summed E-state index contributed by atoms with van der Waals surface area (Å²) in [7, 11) is 1.51. The maximum atomic E-state index is 11.8. The van der Waals surface area contributed by atoms with Gasteiger partial charge in [-0.25, -0.2) is 0 Å². The molecule has 0 aliphatic rings. The number of carbonyl (C=O) groups excluding carboxylic acids is 1. The highest BCUT2D eigenvalue weighted by atomic mass is 35.5. The van der Waals surface area contributed by atoms with E-state index in [-0.39, 0.29) is 30.4 Å². The van der Waals surface area contributed by atoms with Crippen LogP contribution in [0.5, 0.6) is 11.5 Å². The Bertz CT molecular complexity index is 1250. The molecular formula is C21H21ClN6O4. The number of nitrogens with one attached hydrogen (secondary N) is 3. The van der Waals surface area contributed by atoms with E-state index in [1.54, 1.807) is 30.5 Å². The summed E-state index contributed by atoms with van der Waals surface area (Å²) in [6.45, 7) is 3.64. The lowest BCUT2D eigenvalue weighted by Crippen LogP contribution is -2.34. The van der Waals surface area contributed by atoms with Gasteiger partial charge in [0.05, 0.1) is 29.5 Å². The Labute approximate surface area is 188 Å². The normalized spacial score (nSPS) is 11.0. The fourth-order valence-electron chi connectivity index (χ4n) is 3.02. The second kappa shape index (κ2) is 9.15. The molecule has 4 aromatic rings. The molecule has 2 heterocycles. The maximum Gasteiger partial charge on any atom is 0.268 e. The minimum atomic E-state index is -0.217.